The fourth-order valence-corrected chi connectivity index (χ4v) is 7.19. The summed E-state index contributed by atoms with van der Waals surface area (Å²) < 4.78 is 57.6. The molecule has 0 amide bonds. The molecule has 2 aromatic carbocycles. The molecule has 1 N–H and O–H groups in total. The van der Waals surface area contributed by atoms with Crippen LogP contribution in [0.25, 0.3) is 0 Å². The van der Waals surface area contributed by atoms with E-state index in [1.807, 2.05) is 25.1 Å². The average molecular weight is 627 g/mol. The summed E-state index contributed by atoms with van der Waals surface area (Å²) in [7, 11) is 1.77. The van der Waals surface area contributed by atoms with Gasteiger partial charge in [-0.05, 0) is 144 Å². The van der Waals surface area contributed by atoms with Crippen LogP contribution >= 0.6 is 11.6 Å². The van der Waals surface area contributed by atoms with Crippen LogP contribution in [0, 0.1) is 12.7 Å². The lowest BCUT2D eigenvalue weighted by atomic mass is 9.77. The Morgan fingerprint density at radius 1 is 1.07 bits per heavy atom. The maximum Gasteiger partial charge on any atom is 0.522 e. The first kappa shape index (κ1) is 33.7. The van der Waals surface area contributed by atoms with Crippen LogP contribution < -0.4 is 0 Å². The van der Waals surface area contributed by atoms with Gasteiger partial charge in [-0.2, -0.15) is 0 Å². The third kappa shape index (κ3) is 9.40. The number of aliphatic carboxylic acids is 1. The first-order valence-corrected chi connectivity index (χ1v) is 15.7. The summed E-state index contributed by atoms with van der Waals surface area (Å²) >= 11 is 6.26. The van der Waals surface area contributed by atoms with Crippen molar-refractivity contribution in [2.75, 3.05) is 33.2 Å². The number of hydrogen-bond donors (Lipinski definition) is 1. The van der Waals surface area contributed by atoms with Gasteiger partial charge in [-0.1, -0.05) is 36.2 Å². The zero-order valence-electron chi connectivity index (χ0n) is 25.0. The van der Waals surface area contributed by atoms with Gasteiger partial charge >= 0.3 is 12.3 Å². The normalized spacial score (nSPS) is 21.6. The second kappa shape index (κ2) is 15.2. The highest BCUT2D eigenvalue weighted by Gasteiger charge is 2.37. The number of hydrogen-bond acceptors (Lipinski definition) is 4. The number of likely N-dealkylation sites (tertiary alicyclic amines) is 1. The Kier molecular flexibility index (Phi) is 11.9. The summed E-state index contributed by atoms with van der Waals surface area (Å²) in [5.74, 6) is -1.51. The van der Waals surface area contributed by atoms with Gasteiger partial charge < -0.3 is 10.0 Å². The van der Waals surface area contributed by atoms with Crippen molar-refractivity contribution in [3.63, 3.8) is 0 Å². The van der Waals surface area contributed by atoms with Gasteiger partial charge in [-0.25, -0.2) is 4.39 Å². The van der Waals surface area contributed by atoms with Crippen LogP contribution in [0.1, 0.15) is 97.9 Å². The minimum Gasteiger partial charge on any atom is -0.480 e. The number of carbonyl (C=O) groups is 1. The van der Waals surface area contributed by atoms with Crippen molar-refractivity contribution in [1.82, 2.24) is 9.80 Å². The number of piperidine rings is 1. The Balaban J connectivity index is 1.51. The number of carboxylic acid groups (broad SMARTS) is 1. The molecule has 1 aliphatic heterocycles. The van der Waals surface area contributed by atoms with Gasteiger partial charge in [0.2, 0.25) is 0 Å². The molecule has 5 nitrogen and oxygen atoms in total. The van der Waals surface area contributed by atoms with E-state index in [0.29, 0.717) is 42.0 Å². The molecule has 0 bridgehead atoms. The zero-order chi connectivity index (χ0) is 31.1. The number of likely N-dealkylation sites (N-methyl/N-ethyl adjacent to an activating group) is 1. The average Bonchev–Trinajstić information content (AvgIpc) is 2.95. The van der Waals surface area contributed by atoms with Crippen LogP contribution in [0.2, 0.25) is 5.02 Å². The Hall–Kier alpha value is -2.20. The van der Waals surface area contributed by atoms with Crippen molar-refractivity contribution < 1.29 is 32.2 Å². The lowest BCUT2D eigenvalue weighted by Crippen LogP contribution is -2.35. The molecule has 4 rings (SSSR count). The monoisotopic (exact) mass is 626 g/mol. The molecule has 0 unspecified atom stereocenters. The Bertz CT molecular complexity index is 1210. The summed E-state index contributed by atoms with van der Waals surface area (Å²) in [5.41, 5.74) is 3.04. The molecule has 0 aromatic heterocycles. The third-order valence-electron chi connectivity index (χ3n) is 9.18. The van der Waals surface area contributed by atoms with E-state index in [9.17, 15) is 23.1 Å². The standard InChI is InChI=1S/C33H43ClF4N2O3/c1-22-7-6-8-27(30(22)24-9-12-26(13-10-24)43-33(36,37)38)31(32(41)42)39(2)19-15-23(16-20-40-17-4-3-5-18-40)28-21-25(34)11-14-29(28)35/h6-8,11,14,21,23-24,26,31H,3-5,9-10,12-13,15-20H2,1-2H3,(H,41,42)/t23-,24?,26?,31+/m1/s1. The molecule has 2 aromatic rings. The summed E-state index contributed by atoms with van der Waals surface area (Å²) in [6.45, 7) is 5.24. The maximum atomic E-state index is 15.0. The minimum atomic E-state index is -4.66. The SMILES string of the molecule is Cc1cccc([C@@H](C(=O)O)N(C)CC[C@H](CCN2CCCCC2)c2cc(Cl)ccc2F)c1C1CCC(OC(F)(F)F)CC1. The molecule has 2 aliphatic rings. The first-order chi connectivity index (χ1) is 20.4. The van der Waals surface area contributed by atoms with Gasteiger partial charge in [0.1, 0.15) is 11.9 Å². The topological polar surface area (TPSA) is 53.0 Å². The van der Waals surface area contributed by atoms with Crippen molar-refractivity contribution in [2.45, 2.75) is 95.1 Å². The summed E-state index contributed by atoms with van der Waals surface area (Å²) in [6.07, 6.45) is 0.789. The van der Waals surface area contributed by atoms with Gasteiger partial charge in [0.05, 0.1) is 6.10 Å². The first-order valence-electron chi connectivity index (χ1n) is 15.4. The van der Waals surface area contributed by atoms with E-state index in [1.165, 1.54) is 18.6 Å². The van der Waals surface area contributed by atoms with Gasteiger partial charge in [0.25, 0.3) is 0 Å². The molecule has 238 valence electrons. The Morgan fingerprint density at radius 3 is 2.42 bits per heavy atom. The highest BCUT2D eigenvalue weighted by atomic mass is 35.5. The van der Waals surface area contributed by atoms with E-state index >= 15 is 4.39 Å². The maximum absolute atomic E-state index is 15.0. The second-order valence-electron chi connectivity index (χ2n) is 12.2. The fourth-order valence-electron chi connectivity index (χ4n) is 7.01. The number of benzene rings is 2. The molecule has 1 saturated heterocycles. The van der Waals surface area contributed by atoms with Crippen molar-refractivity contribution in [3.05, 3.63) is 69.5 Å². The molecule has 2 fully saturated rings. The molecular formula is C33H43ClF4N2O3. The molecular weight excluding hydrogens is 584 g/mol. The fraction of sp³-hybridized carbons (Fsp3) is 0.606. The summed E-state index contributed by atoms with van der Waals surface area (Å²) in [6, 6.07) is 9.24. The molecule has 43 heavy (non-hydrogen) atoms. The van der Waals surface area contributed by atoms with E-state index in [0.717, 1.165) is 50.0 Å². The number of aryl methyl sites for hydroxylation is 1. The number of ether oxygens (including phenoxy) is 1. The van der Waals surface area contributed by atoms with Gasteiger partial charge in [0, 0.05) is 5.02 Å². The van der Waals surface area contributed by atoms with E-state index in [2.05, 4.69) is 9.64 Å². The molecule has 0 spiro atoms. The van der Waals surface area contributed by atoms with E-state index in [-0.39, 0.29) is 30.5 Å². The quantitative estimate of drug-likeness (QED) is 0.240. The number of alkyl halides is 3. The molecule has 10 heteroatoms. The minimum absolute atomic E-state index is 0.0580. The number of carboxylic acids is 1. The predicted molar refractivity (Wildman–Crippen MR) is 160 cm³/mol. The molecule has 2 atom stereocenters. The lowest BCUT2D eigenvalue weighted by molar-refractivity contribution is -0.345. The van der Waals surface area contributed by atoms with Crippen LogP contribution in [-0.4, -0.2) is 66.6 Å². The predicted octanol–water partition coefficient (Wildman–Crippen LogP) is 8.46. The lowest BCUT2D eigenvalue weighted by Gasteiger charge is -2.34. The summed E-state index contributed by atoms with van der Waals surface area (Å²) in [4.78, 5) is 17.0. The number of halogens is 5. The highest BCUT2D eigenvalue weighted by molar-refractivity contribution is 6.30. The number of nitrogens with zero attached hydrogens (tertiary/aromatic N) is 2. The van der Waals surface area contributed by atoms with Crippen molar-refractivity contribution >= 4 is 17.6 Å². The second-order valence-corrected chi connectivity index (χ2v) is 12.6. The summed E-state index contributed by atoms with van der Waals surface area (Å²) in [5, 5.41) is 10.9. The van der Waals surface area contributed by atoms with E-state index < -0.39 is 24.5 Å². The zero-order valence-corrected chi connectivity index (χ0v) is 25.8. The van der Waals surface area contributed by atoms with Crippen LogP contribution in [0.3, 0.4) is 0 Å². The van der Waals surface area contributed by atoms with Crippen LogP contribution in [-0.2, 0) is 9.53 Å². The van der Waals surface area contributed by atoms with Crippen LogP contribution in [0.5, 0.6) is 0 Å². The number of rotatable bonds is 12. The third-order valence-corrected chi connectivity index (χ3v) is 9.42. The highest BCUT2D eigenvalue weighted by Crippen LogP contribution is 2.41. The van der Waals surface area contributed by atoms with E-state index in [1.54, 1.807) is 18.0 Å². The Morgan fingerprint density at radius 2 is 1.77 bits per heavy atom. The van der Waals surface area contributed by atoms with Crippen LogP contribution in [0.15, 0.2) is 36.4 Å². The Labute approximate surface area is 257 Å². The van der Waals surface area contributed by atoms with Crippen molar-refractivity contribution in [2.24, 2.45) is 0 Å². The van der Waals surface area contributed by atoms with Crippen LogP contribution in [0.4, 0.5) is 17.6 Å². The molecule has 1 saturated carbocycles. The smallest absolute Gasteiger partial charge is 0.480 e. The van der Waals surface area contributed by atoms with Gasteiger partial charge in [-0.15, -0.1) is 13.2 Å². The van der Waals surface area contributed by atoms with E-state index in [4.69, 9.17) is 11.6 Å². The largest absolute Gasteiger partial charge is 0.522 e. The van der Waals surface area contributed by atoms with Gasteiger partial charge in [-0.3, -0.25) is 14.4 Å². The van der Waals surface area contributed by atoms with Crippen molar-refractivity contribution in [1.29, 1.82) is 0 Å². The van der Waals surface area contributed by atoms with Gasteiger partial charge in [0.15, 0.2) is 0 Å². The molecule has 0 radical (unpaired) electrons. The van der Waals surface area contributed by atoms with Crippen molar-refractivity contribution in [3.8, 4) is 0 Å². The molecule has 1 heterocycles. The molecule has 1 aliphatic carbocycles.